The zero-order valence-corrected chi connectivity index (χ0v) is 18.9. The fraction of sp³-hybridized carbons (Fsp3) is 0.348. The molecule has 0 atom stereocenters. The van der Waals surface area contributed by atoms with E-state index in [-0.39, 0.29) is 12.1 Å². The fourth-order valence-electron chi connectivity index (χ4n) is 4.73. The number of nitrogens with zero attached hydrogens (tertiary/aromatic N) is 3. The number of hydrogen-bond donors (Lipinski definition) is 2. The molecular formula is C23H23N5O4S. The standard InChI is InChI=1S/C23H23N5O4S/c1-14-17(15-8-4-2-5-9-15)18-19(33-14)24-13-27(20(18)30)12-16(29)26-28-21(31)23(25-22(28)32)10-6-3-7-11-23/h2,4-5,8-9,13H,3,6-7,10-12H2,1H3,(H,25,32)(H,26,29). The largest absolute Gasteiger partial charge is 0.344 e. The normalized spacial score (nSPS) is 17.5. The lowest BCUT2D eigenvalue weighted by Crippen LogP contribution is -2.51. The van der Waals surface area contributed by atoms with Crippen LogP contribution in [0.15, 0.2) is 41.5 Å². The number of benzene rings is 1. The molecule has 2 aromatic heterocycles. The molecule has 3 heterocycles. The number of hydrazine groups is 1. The molecule has 1 spiro atoms. The molecule has 4 amide bonds. The molecule has 5 rings (SSSR count). The smallest absolute Gasteiger partial charge is 0.322 e. The van der Waals surface area contributed by atoms with Crippen molar-refractivity contribution in [1.29, 1.82) is 0 Å². The molecule has 2 aliphatic rings. The number of carbonyl (C=O) groups is 3. The number of thiophene rings is 1. The maximum absolute atomic E-state index is 13.3. The van der Waals surface area contributed by atoms with E-state index in [4.69, 9.17) is 0 Å². The molecule has 1 aliphatic heterocycles. The van der Waals surface area contributed by atoms with E-state index >= 15 is 0 Å². The molecule has 33 heavy (non-hydrogen) atoms. The van der Waals surface area contributed by atoms with Crippen LogP contribution in [0.1, 0.15) is 37.0 Å². The molecule has 0 radical (unpaired) electrons. The first-order chi connectivity index (χ1) is 15.9. The van der Waals surface area contributed by atoms with Gasteiger partial charge in [-0.1, -0.05) is 49.6 Å². The van der Waals surface area contributed by atoms with Crippen molar-refractivity contribution in [2.24, 2.45) is 0 Å². The second-order valence-corrected chi connectivity index (χ2v) is 9.71. The highest BCUT2D eigenvalue weighted by Crippen LogP contribution is 2.35. The summed E-state index contributed by atoms with van der Waals surface area (Å²) in [5.41, 5.74) is 2.80. The Morgan fingerprint density at radius 3 is 2.61 bits per heavy atom. The summed E-state index contributed by atoms with van der Waals surface area (Å²) < 4.78 is 1.20. The lowest BCUT2D eigenvalue weighted by atomic mass is 9.82. The minimum Gasteiger partial charge on any atom is -0.322 e. The van der Waals surface area contributed by atoms with Crippen LogP contribution in [0.5, 0.6) is 0 Å². The molecule has 10 heteroatoms. The first-order valence-electron chi connectivity index (χ1n) is 10.9. The molecule has 1 aromatic carbocycles. The highest BCUT2D eigenvalue weighted by molar-refractivity contribution is 7.19. The molecule has 0 unspecified atom stereocenters. The zero-order chi connectivity index (χ0) is 23.2. The van der Waals surface area contributed by atoms with Crippen LogP contribution in [0, 0.1) is 6.92 Å². The quantitative estimate of drug-likeness (QED) is 0.575. The van der Waals surface area contributed by atoms with Gasteiger partial charge in [0.2, 0.25) is 0 Å². The number of aryl methyl sites for hydroxylation is 1. The number of imide groups is 1. The second kappa shape index (κ2) is 8.11. The fourth-order valence-corrected chi connectivity index (χ4v) is 5.74. The molecule has 0 bridgehead atoms. The second-order valence-electron chi connectivity index (χ2n) is 8.51. The number of fused-ring (bicyclic) bond motifs is 1. The van der Waals surface area contributed by atoms with Gasteiger partial charge in [0.15, 0.2) is 0 Å². The Morgan fingerprint density at radius 1 is 1.15 bits per heavy atom. The highest BCUT2D eigenvalue weighted by Gasteiger charge is 2.52. The van der Waals surface area contributed by atoms with Gasteiger partial charge in [-0.25, -0.2) is 9.78 Å². The van der Waals surface area contributed by atoms with Crippen molar-refractivity contribution in [1.82, 2.24) is 25.3 Å². The van der Waals surface area contributed by atoms with Gasteiger partial charge in [-0.2, -0.15) is 5.01 Å². The van der Waals surface area contributed by atoms with Gasteiger partial charge in [0.25, 0.3) is 17.4 Å². The molecule has 2 N–H and O–H groups in total. The third-order valence-electron chi connectivity index (χ3n) is 6.34. The van der Waals surface area contributed by atoms with Crippen molar-refractivity contribution >= 4 is 39.4 Å². The van der Waals surface area contributed by atoms with Crippen molar-refractivity contribution in [3.05, 3.63) is 51.9 Å². The SMILES string of the molecule is Cc1sc2ncn(CC(=O)NN3C(=O)NC4(CCCCC4)C3=O)c(=O)c2c1-c1ccccc1. The molecule has 1 saturated heterocycles. The minimum atomic E-state index is -0.932. The first kappa shape index (κ1) is 21.3. The van der Waals surface area contributed by atoms with Crippen LogP contribution in [0.4, 0.5) is 4.79 Å². The van der Waals surface area contributed by atoms with Crippen LogP contribution in [0.3, 0.4) is 0 Å². The van der Waals surface area contributed by atoms with E-state index in [9.17, 15) is 19.2 Å². The summed E-state index contributed by atoms with van der Waals surface area (Å²) in [4.78, 5) is 57.2. The van der Waals surface area contributed by atoms with Crippen LogP contribution in [0.2, 0.25) is 0 Å². The van der Waals surface area contributed by atoms with E-state index in [1.165, 1.54) is 22.2 Å². The third-order valence-corrected chi connectivity index (χ3v) is 7.35. The molecule has 1 aliphatic carbocycles. The van der Waals surface area contributed by atoms with Crippen LogP contribution in [-0.4, -0.2) is 37.9 Å². The number of carbonyl (C=O) groups excluding carboxylic acids is 3. The molecule has 3 aromatic rings. The number of urea groups is 1. The van der Waals surface area contributed by atoms with Gasteiger partial charge in [-0.15, -0.1) is 11.3 Å². The number of hydrogen-bond acceptors (Lipinski definition) is 6. The predicted octanol–water partition coefficient (Wildman–Crippen LogP) is 2.72. The molecule has 1 saturated carbocycles. The monoisotopic (exact) mass is 465 g/mol. The average molecular weight is 466 g/mol. The Balaban J connectivity index is 1.40. The molecular weight excluding hydrogens is 442 g/mol. The Morgan fingerprint density at radius 2 is 1.88 bits per heavy atom. The van der Waals surface area contributed by atoms with E-state index in [1.807, 2.05) is 37.3 Å². The lowest BCUT2D eigenvalue weighted by Gasteiger charge is -2.30. The first-order valence-corrected chi connectivity index (χ1v) is 11.7. The van der Waals surface area contributed by atoms with E-state index in [0.717, 1.165) is 40.3 Å². The molecule has 9 nitrogen and oxygen atoms in total. The minimum absolute atomic E-state index is 0.348. The van der Waals surface area contributed by atoms with Gasteiger partial charge < -0.3 is 5.32 Å². The van der Waals surface area contributed by atoms with Crippen molar-refractivity contribution in [3.63, 3.8) is 0 Å². The number of nitrogens with one attached hydrogen (secondary N) is 2. The maximum atomic E-state index is 13.3. The van der Waals surface area contributed by atoms with Gasteiger partial charge in [0.05, 0.1) is 11.7 Å². The van der Waals surface area contributed by atoms with E-state index in [2.05, 4.69) is 15.7 Å². The van der Waals surface area contributed by atoms with Gasteiger partial charge in [-0.3, -0.25) is 24.4 Å². The summed E-state index contributed by atoms with van der Waals surface area (Å²) in [6.45, 7) is 1.57. The number of amides is 4. The average Bonchev–Trinajstić information content (AvgIpc) is 3.26. The van der Waals surface area contributed by atoms with Crippen molar-refractivity contribution < 1.29 is 14.4 Å². The van der Waals surface area contributed by atoms with Crippen molar-refractivity contribution in [2.45, 2.75) is 51.1 Å². The lowest BCUT2D eigenvalue weighted by molar-refractivity contribution is -0.140. The van der Waals surface area contributed by atoms with Gasteiger partial charge >= 0.3 is 6.03 Å². The van der Waals surface area contributed by atoms with E-state index in [1.54, 1.807) is 0 Å². The van der Waals surface area contributed by atoms with E-state index < -0.39 is 23.4 Å². The van der Waals surface area contributed by atoms with Crippen molar-refractivity contribution in [3.8, 4) is 11.1 Å². The van der Waals surface area contributed by atoms with E-state index in [0.29, 0.717) is 23.1 Å². The summed E-state index contributed by atoms with van der Waals surface area (Å²) in [6, 6.07) is 8.92. The zero-order valence-electron chi connectivity index (χ0n) is 18.1. The summed E-state index contributed by atoms with van der Waals surface area (Å²) in [6.07, 6.45) is 5.15. The Labute approximate surface area is 193 Å². The number of rotatable bonds is 4. The van der Waals surface area contributed by atoms with Crippen LogP contribution in [-0.2, 0) is 16.1 Å². The predicted molar refractivity (Wildman–Crippen MR) is 123 cm³/mol. The topological polar surface area (TPSA) is 113 Å². The van der Waals surface area contributed by atoms with Gasteiger partial charge in [0.1, 0.15) is 16.9 Å². The Bertz CT molecular complexity index is 1320. The van der Waals surface area contributed by atoms with Gasteiger partial charge in [-0.05, 0) is 25.3 Å². The van der Waals surface area contributed by atoms with Crippen LogP contribution < -0.4 is 16.3 Å². The molecule has 170 valence electrons. The summed E-state index contributed by atoms with van der Waals surface area (Å²) in [7, 11) is 0. The maximum Gasteiger partial charge on any atom is 0.344 e. The van der Waals surface area contributed by atoms with Gasteiger partial charge in [0, 0.05) is 10.4 Å². The number of aromatic nitrogens is 2. The Kier molecular flexibility index (Phi) is 5.24. The van der Waals surface area contributed by atoms with Crippen LogP contribution >= 0.6 is 11.3 Å². The third kappa shape index (κ3) is 3.60. The molecule has 2 fully saturated rings. The summed E-state index contributed by atoms with van der Waals surface area (Å²) >= 11 is 1.42. The Hall–Kier alpha value is -3.53. The summed E-state index contributed by atoms with van der Waals surface area (Å²) in [5, 5.41) is 3.94. The highest BCUT2D eigenvalue weighted by atomic mass is 32.1. The summed E-state index contributed by atoms with van der Waals surface area (Å²) in [5.74, 6) is -1.09. The van der Waals surface area contributed by atoms with Crippen LogP contribution in [0.25, 0.3) is 21.3 Å². The van der Waals surface area contributed by atoms with Crippen molar-refractivity contribution in [2.75, 3.05) is 0 Å².